The summed E-state index contributed by atoms with van der Waals surface area (Å²) < 4.78 is 0. The molecule has 0 spiro atoms. The van der Waals surface area contributed by atoms with E-state index in [4.69, 9.17) is 5.26 Å². The summed E-state index contributed by atoms with van der Waals surface area (Å²) in [4.78, 5) is 20.5. The molecule has 0 bridgehead atoms. The number of nitrogens with zero attached hydrogens (tertiary/aromatic N) is 4. The quantitative estimate of drug-likeness (QED) is 0.778. The topological polar surface area (TPSA) is 69.9 Å². The molecule has 1 heterocycles. The molecule has 15 heavy (non-hydrogen) atoms. The summed E-state index contributed by atoms with van der Waals surface area (Å²) in [6.07, 6.45) is 4.98. The molecule has 1 aromatic heterocycles. The lowest BCUT2D eigenvalue weighted by molar-refractivity contribution is 0.221. The van der Waals surface area contributed by atoms with Crippen molar-refractivity contribution in [1.82, 2.24) is 14.9 Å². The molecule has 1 amide bonds. The van der Waals surface area contributed by atoms with E-state index >= 15 is 0 Å². The Morgan fingerprint density at radius 1 is 1.60 bits per heavy atom. The third-order valence-corrected chi connectivity index (χ3v) is 2.02. The van der Waals surface area contributed by atoms with Crippen LogP contribution in [0.5, 0.6) is 0 Å². The Morgan fingerprint density at radius 2 is 2.40 bits per heavy atom. The number of amides is 1. The first-order chi connectivity index (χ1) is 7.24. The summed E-state index contributed by atoms with van der Waals surface area (Å²) in [6, 6.07) is 1.97. The molecule has 0 saturated heterocycles. The van der Waals surface area contributed by atoms with Gasteiger partial charge in [-0.05, 0) is 0 Å². The van der Waals surface area contributed by atoms with Crippen molar-refractivity contribution in [2.24, 2.45) is 0 Å². The molecule has 0 aliphatic rings. The minimum absolute atomic E-state index is 0.284. The van der Waals surface area contributed by atoms with Gasteiger partial charge in [-0.25, -0.2) is 0 Å². The molecule has 78 valence electrons. The number of thiol groups is 1. The van der Waals surface area contributed by atoms with Crippen molar-refractivity contribution in [2.75, 3.05) is 6.54 Å². The second kappa shape index (κ2) is 5.98. The van der Waals surface area contributed by atoms with Crippen LogP contribution in [0, 0.1) is 11.3 Å². The number of carbonyl (C=O) groups excluding carboxylic acids is 1. The molecule has 0 unspecified atom stereocenters. The zero-order valence-electron chi connectivity index (χ0n) is 8.00. The van der Waals surface area contributed by atoms with Crippen molar-refractivity contribution in [3.63, 3.8) is 0 Å². The Labute approximate surface area is 93.2 Å². The van der Waals surface area contributed by atoms with Crippen LogP contribution in [-0.2, 0) is 6.54 Å². The predicted molar refractivity (Wildman–Crippen MR) is 57.1 cm³/mol. The van der Waals surface area contributed by atoms with E-state index in [1.165, 1.54) is 4.90 Å². The Hall–Kier alpha value is -1.61. The maximum absolute atomic E-state index is 11.1. The molecule has 0 fully saturated rings. The SMILES string of the molecule is N#CCCN(Cc1cnccn1)C(=O)S. The van der Waals surface area contributed by atoms with Crippen LogP contribution in [0.4, 0.5) is 4.79 Å². The van der Waals surface area contributed by atoms with Crippen LogP contribution in [0.3, 0.4) is 0 Å². The van der Waals surface area contributed by atoms with Crippen molar-refractivity contribution in [2.45, 2.75) is 13.0 Å². The van der Waals surface area contributed by atoms with E-state index in [1.54, 1.807) is 18.6 Å². The fourth-order valence-electron chi connectivity index (χ4n) is 1.03. The molecular weight excluding hydrogens is 212 g/mol. The van der Waals surface area contributed by atoms with Crippen LogP contribution in [-0.4, -0.2) is 26.7 Å². The highest BCUT2D eigenvalue weighted by Gasteiger charge is 2.10. The van der Waals surface area contributed by atoms with Crippen molar-refractivity contribution in [3.05, 3.63) is 24.3 Å². The molecular formula is C9H10N4OS. The lowest BCUT2D eigenvalue weighted by atomic mass is 10.3. The van der Waals surface area contributed by atoms with Gasteiger partial charge in [0.2, 0.25) is 0 Å². The van der Waals surface area contributed by atoms with Crippen LogP contribution in [0.25, 0.3) is 0 Å². The molecule has 0 N–H and O–H groups in total. The number of hydrogen-bond acceptors (Lipinski definition) is 4. The van der Waals surface area contributed by atoms with Gasteiger partial charge in [-0.15, -0.1) is 0 Å². The molecule has 1 rings (SSSR count). The third kappa shape index (κ3) is 3.95. The van der Waals surface area contributed by atoms with Gasteiger partial charge in [0.1, 0.15) is 0 Å². The second-order valence-corrected chi connectivity index (χ2v) is 3.19. The zero-order valence-corrected chi connectivity index (χ0v) is 8.89. The second-order valence-electron chi connectivity index (χ2n) is 2.81. The molecule has 1 aromatic rings. The smallest absolute Gasteiger partial charge is 0.278 e. The van der Waals surface area contributed by atoms with E-state index in [0.717, 1.165) is 0 Å². The lowest BCUT2D eigenvalue weighted by Crippen LogP contribution is -2.27. The standard InChI is InChI=1S/C9H10N4OS/c10-2-1-5-13(9(14)15)7-8-6-11-3-4-12-8/h3-4,6H,1,5,7H2,(H,14,15). The summed E-state index contributed by atoms with van der Waals surface area (Å²) in [5.74, 6) is 0. The first-order valence-electron chi connectivity index (χ1n) is 4.33. The van der Waals surface area contributed by atoms with Gasteiger partial charge < -0.3 is 4.90 Å². The maximum Gasteiger partial charge on any atom is 0.278 e. The average Bonchev–Trinajstić information content (AvgIpc) is 2.25. The van der Waals surface area contributed by atoms with E-state index in [1.807, 2.05) is 6.07 Å². The highest BCUT2D eigenvalue weighted by atomic mass is 32.1. The summed E-state index contributed by atoms with van der Waals surface area (Å²) >= 11 is 3.73. The first kappa shape index (κ1) is 11.5. The van der Waals surface area contributed by atoms with E-state index < -0.39 is 0 Å². The van der Waals surface area contributed by atoms with Gasteiger partial charge in [0.05, 0.1) is 30.9 Å². The van der Waals surface area contributed by atoms with E-state index in [9.17, 15) is 4.79 Å². The Bertz CT molecular complexity index is 362. The number of nitriles is 1. The Balaban J connectivity index is 2.60. The normalized spacial score (nSPS) is 9.33. The predicted octanol–water partition coefficient (Wildman–Crippen LogP) is 1.24. The summed E-state index contributed by atoms with van der Waals surface area (Å²) in [6.45, 7) is 0.688. The number of hydrogen-bond donors (Lipinski definition) is 1. The molecule has 5 nitrogen and oxygen atoms in total. The summed E-state index contributed by atoms with van der Waals surface area (Å²) in [7, 11) is 0. The molecule has 0 radical (unpaired) electrons. The molecule has 0 aliphatic heterocycles. The molecule has 0 atom stereocenters. The Morgan fingerprint density at radius 3 is 2.93 bits per heavy atom. The first-order valence-corrected chi connectivity index (χ1v) is 4.78. The fourth-order valence-corrected chi connectivity index (χ4v) is 1.21. The fraction of sp³-hybridized carbons (Fsp3) is 0.333. The Kier molecular flexibility index (Phi) is 4.57. The van der Waals surface area contributed by atoms with Gasteiger partial charge in [0.25, 0.3) is 5.24 Å². The van der Waals surface area contributed by atoms with Gasteiger partial charge in [-0.3, -0.25) is 14.8 Å². The zero-order chi connectivity index (χ0) is 11.1. The van der Waals surface area contributed by atoms with Crippen LogP contribution in [0.1, 0.15) is 12.1 Å². The lowest BCUT2D eigenvalue weighted by Gasteiger charge is -2.17. The highest BCUT2D eigenvalue weighted by molar-refractivity contribution is 7.96. The van der Waals surface area contributed by atoms with Crippen molar-refractivity contribution >= 4 is 17.9 Å². The molecule has 0 aliphatic carbocycles. The van der Waals surface area contributed by atoms with E-state index in [2.05, 4.69) is 22.6 Å². The minimum Gasteiger partial charge on any atom is -0.327 e. The monoisotopic (exact) mass is 222 g/mol. The highest BCUT2D eigenvalue weighted by Crippen LogP contribution is 2.04. The number of aromatic nitrogens is 2. The van der Waals surface area contributed by atoms with Crippen molar-refractivity contribution in [1.29, 1.82) is 5.26 Å². The van der Waals surface area contributed by atoms with Crippen LogP contribution in [0.2, 0.25) is 0 Å². The van der Waals surface area contributed by atoms with E-state index in [0.29, 0.717) is 18.8 Å². The summed E-state index contributed by atoms with van der Waals surface area (Å²) in [5.41, 5.74) is 0.679. The van der Waals surface area contributed by atoms with Gasteiger partial charge in [-0.2, -0.15) is 5.26 Å². The minimum atomic E-state index is -0.365. The van der Waals surface area contributed by atoms with Crippen molar-refractivity contribution in [3.8, 4) is 6.07 Å². The molecule has 6 heteroatoms. The van der Waals surface area contributed by atoms with Crippen LogP contribution in [0.15, 0.2) is 18.6 Å². The van der Waals surface area contributed by atoms with Crippen LogP contribution >= 0.6 is 12.6 Å². The number of carbonyl (C=O) groups is 1. The largest absolute Gasteiger partial charge is 0.327 e. The maximum atomic E-state index is 11.1. The van der Waals surface area contributed by atoms with Gasteiger partial charge in [-0.1, -0.05) is 12.6 Å². The molecule has 0 saturated carbocycles. The van der Waals surface area contributed by atoms with Gasteiger partial charge >= 0.3 is 0 Å². The van der Waals surface area contributed by atoms with Crippen LogP contribution < -0.4 is 0 Å². The van der Waals surface area contributed by atoms with E-state index in [-0.39, 0.29) is 11.7 Å². The summed E-state index contributed by atoms with van der Waals surface area (Å²) in [5, 5.41) is 8.06. The number of rotatable bonds is 4. The molecule has 0 aromatic carbocycles. The van der Waals surface area contributed by atoms with Gasteiger partial charge in [0.15, 0.2) is 0 Å². The van der Waals surface area contributed by atoms with Crippen molar-refractivity contribution < 1.29 is 4.79 Å². The average molecular weight is 222 g/mol. The van der Waals surface area contributed by atoms with Gasteiger partial charge in [0, 0.05) is 18.9 Å². The third-order valence-electron chi connectivity index (χ3n) is 1.73.